The molecule has 11 aromatic carbocycles. The van der Waals surface area contributed by atoms with Crippen molar-refractivity contribution in [2.45, 2.75) is 23.7 Å². The first kappa shape index (κ1) is 41.5. The highest BCUT2D eigenvalue weighted by Gasteiger charge is 2.47. The van der Waals surface area contributed by atoms with Gasteiger partial charge in [-0.15, -0.1) is 0 Å². The van der Waals surface area contributed by atoms with Crippen LogP contribution in [0.3, 0.4) is 0 Å². The van der Waals surface area contributed by atoms with E-state index in [2.05, 4.69) is 252 Å². The Morgan fingerprint density at radius 1 is 0.342 bits per heavy atom. The van der Waals surface area contributed by atoms with Crippen LogP contribution in [0, 0.1) is 22.7 Å². The zero-order chi connectivity index (χ0) is 49.9. The molecule has 13 aromatic rings. The average Bonchev–Trinajstić information content (AvgIpc) is 4.21. The van der Waals surface area contributed by atoms with Crippen molar-refractivity contribution in [1.29, 1.82) is 10.5 Å². The number of anilines is 3. The number of benzene rings is 11. The van der Waals surface area contributed by atoms with Crippen molar-refractivity contribution < 1.29 is 0 Å². The lowest BCUT2D eigenvalue weighted by atomic mass is 9.59. The van der Waals surface area contributed by atoms with Gasteiger partial charge in [-0.05, 0) is 114 Å². The molecule has 0 N–H and O–H groups in total. The molecule has 4 heteroatoms. The van der Waals surface area contributed by atoms with Crippen LogP contribution in [-0.2, 0) is 0 Å². The second-order valence-electron chi connectivity index (χ2n) is 21.1. The van der Waals surface area contributed by atoms with Crippen LogP contribution in [0.2, 0.25) is 0 Å². The number of aromatic nitrogens is 1. The van der Waals surface area contributed by atoms with E-state index in [-0.39, 0.29) is 23.7 Å². The van der Waals surface area contributed by atoms with Gasteiger partial charge in [-0.1, -0.05) is 194 Å². The Kier molecular flexibility index (Phi) is 8.34. The van der Waals surface area contributed by atoms with Crippen LogP contribution in [0.1, 0.15) is 102 Å². The predicted molar refractivity (Wildman–Crippen MR) is 306 cm³/mol. The highest BCUT2D eigenvalue weighted by molar-refractivity contribution is 6.27. The molecule has 0 unspecified atom stereocenters. The van der Waals surface area contributed by atoms with Crippen LogP contribution < -0.4 is 4.90 Å². The fourth-order valence-corrected chi connectivity index (χ4v) is 15.0. The van der Waals surface area contributed by atoms with E-state index in [1.54, 1.807) is 0 Å². The summed E-state index contributed by atoms with van der Waals surface area (Å²) < 4.78 is 2.45. The van der Waals surface area contributed by atoms with Gasteiger partial charge in [0.1, 0.15) is 0 Å². The molecule has 350 valence electrons. The normalized spacial score (nSPS) is 16.9. The summed E-state index contributed by atoms with van der Waals surface area (Å²) in [6, 6.07) is 89.7. The van der Waals surface area contributed by atoms with Crippen molar-refractivity contribution >= 4 is 55.2 Å². The van der Waals surface area contributed by atoms with E-state index in [0.29, 0.717) is 11.1 Å². The molecule has 0 saturated heterocycles. The summed E-state index contributed by atoms with van der Waals surface area (Å²) in [5, 5.41) is 27.6. The highest BCUT2D eigenvalue weighted by atomic mass is 15.1. The van der Waals surface area contributed by atoms with E-state index in [4.69, 9.17) is 0 Å². The molecule has 0 radical (unpaired) electrons. The first-order valence-corrected chi connectivity index (χ1v) is 26.3. The smallest absolute Gasteiger partial charge is 0.0995 e. The van der Waals surface area contributed by atoms with Gasteiger partial charge in [0.25, 0.3) is 0 Å². The summed E-state index contributed by atoms with van der Waals surface area (Å²) in [6.07, 6.45) is 0. The van der Waals surface area contributed by atoms with Crippen molar-refractivity contribution in [3.63, 3.8) is 0 Å². The van der Waals surface area contributed by atoms with E-state index < -0.39 is 0 Å². The zero-order valence-electron chi connectivity index (χ0n) is 41.0. The molecule has 4 nitrogen and oxygen atoms in total. The fourth-order valence-electron chi connectivity index (χ4n) is 15.0. The molecule has 6 aliphatic rings. The minimum atomic E-state index is -0.0948. The summed E-state index contributed by atoms with van der Waals surface area (Å²) >= 11 is 0. The second kappa shape index (κ2) is 15.3. The molecule has 76 heavy (non-hydrogen) atoms. The lowest BCUT2D eigenvalue weighted by Gasteiger charge is -2.43. The first-order chi connectivity index (χ1) is 37.7. The Morgan fingerprint density at radius 2 is 0.658 bits per heavy atom. The Balaban J connectivity index is 1.08. The van der Waals surface area contributed by atoms with Gasteiger partial charge < -0.3 is 9.30 Å². The third-order valence-electron chi connectivity index (χ3n) is 17.7. The van der Waals surface area contributed by atoms with Crippen molar-refractivity contribution in [3.8, 4) is 34.4 Å². The maximum Gasteiger partial charge on any atom is 0.0995 e. The number of hydrogen-bond donors (Lipinski definition) is 0. The number of rotatable bonds is 5. The molecule has 4 bridgehead atoms. The molecule has 6 aliphatic carbocycles. The fraction of sp³-hybridized carbons (Fsp3) is 0.0556. The van der Waals surface area contributed by atoms with Crippen molar-refractivity contribution in [2.24, 2.45) is 0 Å². The van der Waals surface area contributed by atoms with Crippen LogP contribution in [-0.4, -0.2) is 4.40 Å². The van der Waals surface area contributed by atoms with Gasteiger partial charge in [0.2, 0.25) is 0 Å². The topological polar surface area (TPSA) is 55.2 Å². The Labute approximate surface area is 439 Å². The van der Waals surface area contributed by atoms with Gasteiger partial charge in [0.05, 0.1) is 51.2 Å². The Bertz CT molecular complexity index is 4370. The minimum Gasteiger partial charge on any atom is -0.309 e. The van der Waals surface area contributed by atoms with Gasteiger partial charge in [-0.2, -0.15) is 10.5 Å². The van der Waals surface area contributed by atoms with Gasteiger partial charge in [0.15, 0.2) is 0 Å². The summed E-state index contributed by atoms with van der Waals surface area (Å²) in [7, 11) is 0. The Morgan fingerprint density at radius 3 is 1.01 bits per heavy atom. The standard InChI is InChI=1S/C72H42N4/c73-39-43-35-60-68(70-62(43)64-48-25-7-11-29-52(48)66(70)53-30-12-8-26-49(53)64)56-37-45(75(58-33-17-15-23-46(58)41-19-3-1-4-20-41)59-34-18-16-24-47(59)42-21-5-2-6-22-42)38-57-69-61(76(60)72(56)57)36-44(40-74)63-65-50-27-9-13-31-54(50)67(71(63)69)55-32-14-10-28-51(55)65/h1-38,64-67H. The summed E-state index contributed by atoms with van der Waals surface area (Å²) in [4.78, 5) is 2.50. The SMILES string of the molecule is N#Cc1cc2c(c3c1C1c4ccccc4C3c3ccccc31)c1cc(N(c3ccccc3-c3ccccc3)c3ccccc3-c3ccccc3)cc3c4c5c(c(C#N)cc4n2c13)C1c2ccccc2C5c2ccccc21. The summed E-state index contributed by atoms with van der Waals surface area (Å²) in [6.45, 7) is 0. The van der Waals surface area contributed by atoms with Gasteiger partial charge in [0, 0.05) is 62.0 Å². The van der Waals surface area contributed by atoms with Gasteiger partial charge in [-0.25, -0.2) is 0 Å². The van der Waals surface area contributed by atoms with Crippen LogP contribution >= 0.6 is 0 Å². The van der Waals surface area contributed by atoms with E-state index in [1.165, 1.54) is 55.6 Å². The van der Waals surface area contributed by atoms with E-state index in [9.17, 15) is 10.5 Å². The molecule has 0 saturated carbocycles. The number of nitrogens with zero attached hydrogens (tertiary/aromatic N) is 4. The van der Waals surface area contributed by atoms with E-state index in [0.717, 1.165) is 88.5 Å². The molecule has 0 fully saturated rings. The van der Waals surface area contributed by atoms with Crippen LogP contribution in [0.5, 0.6) is 0 Å². The highest BCUT2D eigenvalue weighted by Crippen LogP contribution is 2.63. The average molecular weight is 963 g/mol. The second-order valence-corrected chi connectivity index (χ2v) is 21.1. The monoisotopic (exact) mass is 962 g/mol. The molecule has 0 aliphatic heterocycles. The molecule has 0 amide bonds. The third kappa shape index (κ3) is 5.25. The summed E-state index contributed by atoms with van der Waals surface area (Å²) in [5.41, 5.74) is 27.1. The molecule has 0 spiro atoms. The predicted octanol–water partition coefficient (Wildman–Crippen LogP) is 17.4. The van der Waals surface area contributed by atoms with E-state index in [1.807, 2.05) is 0 Å². The van der Waals surface area contributed by atoms with Crippen LogP contribution in [0.15, 0.2) is 231 Å². The number of hydrogen-bond acceptors (Lipinski definition) is 3. The molecule has 2 aromatic heterocycles. The number of nitriles is 2. The molecule has 0 atom stereocenters. The zero-order valence-corrected chi connectivity index (χ0v) is 41.0. The maximum atomic E-state index is 11.5. The Hall–Kier alpha value is -10.0. The quantitative estimate of drug-likeness (QED) is 0.173. The molecule has 19 rings (SSSR count). The lowest BCUT2D eigenvalue weighted by Crippen LogP contribution is -2.28. The lowest BCUT2D eigenvalue weighted by molar-refractivity contribution is 0.758. The van der Waals surface area contributed by atoms with Crippen molar-refractivity contribution in [1.82, 2.24) is 4.40 Å². The molecule has 2 heterocycles. The van der Waals surface area contributed by atoms with Crippen LogP contribution in [0.25, 0.3) is 60.3 Å². The number of fused-ring (bicyclic) bond motifs is 6. The van der Waals surface area contributed by atoms with Gasteiger partial charge >= 0.3 is 0 Å². The van der Waals surface area contributed by atoms with Gasteiger partial charge in [-0.3, -0.25) is 0 Å². The van der Waals surface area contributed by atoms with Crippen molar-refractivity contribution in [3.05, 3.63) is 308 Å². The first-order valence-electron chi connectivity index (χ1n) is 26.3. The van der Waals surface area contributed by atoms with E-state index >= 15 is 0 Å². The minimum absolute atomic E-state index is 0.0936. The summed E-state index contributed by atoms with van der Waals surface area (Å²) in [5.74, 6) is -0.377. The third-order valence-corrected chi connectivity index (χ3v) is 17.7. The largest absolute Gasteiger partial charge is 0.309 e. The maximum absolute atomic E-state index is 11.5. The molecular formula is C72H42N4. The number of para-hydroxylation sites is 2. The molecular weight excluding hydrogens is 921 g/mol. The van der Waals surface area contributed by atoms with Crippen LogP contribution in [0.4, 0.5) is 17.1 Å². The van der Waals surface area contributed by atoms with Crippen molar-refractivity contribution in [2.75, 3.05) is 4.90 Å².